The molecule has 1 saturated heterocycles. The first kappa shape index (κ1) is 26.7. The van der Waals surface area contributed by atoms with Gasteiger partial charge in [-0.1, -0.05) is 0 Å². The van der Waals surface area contributed by atoms with Gasteiger partial charge in [-0.3, -0.25) is 9.69 Å². The number of carbonyl (C=O) groups is 1. The number of benzene rings is 1. The van der Waals surface area contributed by atoms with E-state index >= 15 is 0 Å². The number of furan rings is 1. The van der Waals surface area contributed by atoms with Crippen LogP contribution in [0, 0.1) is 5.82 Å². The highest BCUT2D eigenvalue weighted by molar-refractivity contribution is 5.95. The SMILES string of the molecule is CN(C)CCNC(=O)c1ccc(N2CCN(CCn3ncc4c3nc(N)n3nc(-c5ccco5)cc43)CC2)c(F)c1. The van der Waals surface area contributed by atoms with Gasteiger partial charge in [0, 0.05) is 51.4 Å². The van der Waals surface area contributed by atoms with E-state index in [1.807, 2.05) is 46.8 Å². The van der Waals surface area contributed by atoms with Crippen LogP contribution < -0.4 is 16.0 Å². The molecule has 1 fully saturated rings. The van der Waals surface area contributed by atoms with Crippen LogP contribution in [-0.2, 0) is 6.54 Å². The Balaban J connectivity index is 1.07. The monoisotopic (exact) mass is 560 g/mol. The average molecular weight is 561 g/mol. The van der Waals surface area contributed by atoms with Gasteiger partial charge < -0.3 is 25.3 Å². The van der Waals surface area contributed by atoms with Crippen LogP contribution >= 0.6 is 0 Å². The maximum Gasteiger partial charge on any atom is 0.251 e. The number of likely N-dealkylation sites (N-methyl/N-ethyl adjacent to an activating group) is 1. The predicted molar refractivity (Wildman–Crippen MR) is 154 cm³/mol. The van der Waals surface area contributed by atoms with E-state index in [0.717, 1.165) is 37.1 Å². The molecule has 13 heteroatoms. The summed E-state index contributed by atoms with van der Waals surface area (Å²) in [5.41, 5.74) is 9.29. The summed E-state index contributed by atoms with van der Waals surface area (Å²) in [7, 11) is 3.87. The number of hydrogen-bond donors (Lipinski definition) is 2. The van der Waals surface area contributed by atoms with Crippen LogP contribution in [0.5, 0.6) is 0 Å². The standard InChI is InChI=1S/C28H33FN10O2/c1-35(2)8-7-31-27(40)19-5-6-23(21(29)16-19)37-12-9-36(10-13-37)11-14-38-26-20(18-32-38)24-17-22(25-4-3-15-41-25)34-39(24)28(30)33-26/h3-6,15-18H,7-14H2,1-2H3,(H2,30,33)(H,31,40). The van der Waals surface area contributed by atoms with Crippen molar-refractivity contribution in [1.82, 2.24) is 39.5 Å². The highest BCUT2D eigenvalue weighted by Gasteiger charge is 2.21. The van der Waals surface area contributed by atoms with Crippen molar-refractivity contribution < 1.29 is 13.6 Å². The number of aromatic nitrogens is 5. The van der Waals surface area contributed by atoms with Crippen LogP contribution in [0.4, 0.5) is 16.0 Å². The van der Waals surface area contributed by atoms with E-state index in [-0.39, 0.29) is 17.7 Å². The Kier molecular flexibility index (Phi) is 7.28. The van der Waals surface area contributed by atoms with E-state index in [4.69, 9.17) is 10.2 Å². The molecule has 0 unspecified atom stereocenters. The first-order valence-electron chi connectivity index (χ1n) is 13.6. The molecule has 1 amide bonds. The van der Waals surface area contributed by atoms with Crippen molar-refractivity contribution in [2.24, 2.45) is 0 Å². The zero-order valence-electron chi connectivity index (χ0n) is 23.1. The highest BCUT2D eigenvalue weighted by Crippen LogP contribution is 2.27. The Morgan fingerprint density at radius 3 is 2.71 bits per heavy atom. The van der Waals surface area contributed by atoms with Gasteiger partial charge in [0.2, 0.25) is 5.95 Å². The number of nitrogen functional groups attached to an aromatic ring is 1. The van der Waals surface area contributed by atoms with Gasteiger partial charge in [-0.2, -0.15) is 19.7 Å². The number of amides is 1. The van der Waals surface area contributed by atoms with E-state index in [9.17, 15) is 9.18 Å². The van der Waals surface area contributed by atoms with Gasteiger partial charge >= 0.3 is 0 Å². The second-order valence-electron chi connectivity index (χ2n) is 10.4. The molecule has 3 N–H and O–H groups in total. The summed E-state index contributed by atoms with van der Waals surface area (Å²) in [6, 6.07) is 10.3. The average Bonchev–Trinajstić information content (AvgIpc) is 3.72. The summed E-state index contributed by atoms with van der Waals surface area (Å²) < 4.78 is 23.9. The largest absolute Gasteiger partial charge is 0.463 e. The van der Waals surface area contributed by atoms with Gasteiger partial charge in [0.05, 0.1) is 35.6 Å². The molecular weight excluding hydrogens is 527 g/mol. The third-order valence-electron chi connectivity index (χ3n) is 7.40. The lowest BCUT2D eigenvalue weighted by Crippen LogP contribution is -2.47. The zero-order valence-corrected chi connectivity index (χ0v) is 23.1. The summed E-state index contributed by atoms with van der Waals surface area (Å²) in [6.45, 7) is 5.56. The van der Waals surface area contributed by atoms with E-state index in [2.05, 4.69) is 25.4 Å². The van der Waals surface area contributed by atoms with Crippen molar-refractivity contribution >= 4 is 34.1 Å². The normalized spacial score (nSPS) is 14.5. The van der Waals surface area contributed by atoms with Crippen molar-refractivity contribution in [3.63, 3.8) is 0 Å². The Morgan fingerprint density at radius 1 is 1.15 bits per heavy atom. The fourth-order valence-corrected chi connectivity index (χ4v) is 5.14. The molecule has 0 saturated carbocycles. The van der Waals surface area contributed by atoms with Crippen LogP contribution in [0.1, 0.15) is 10.4 Å². The van der Waals surface area contributed by atoms with E-state index < -0.39 is 0 Å². The van der Waals surface area contributed by atoms with Crippen molar-refractivity contribution in [1.29, 1.82) is 0 Å². The fraction of sp³-hybridized carbons (Fsp3) is 0.357. The number of anilines is 2. The lowest BCUT2D eigenvalue weighted by atomic mass is 10.1. The molecule has 1 aliphatic rings. The highest BCUT2D eigenvalue weighted by atomic mass is 19.1. The minimum Gasteiger partial charge on any atom is -0.463 e. The molecule has 12 nitrogen and oxygen atoms in total. The molecule has 4 aromatic heterocycles. The number of hydrogen-bond acceptors (Lipinski definition) is 9. The van der Waals surface area contributed by atoms with Gasteiger partial charge in [0.15, 0.2) is 11.4 Å². The minimum absolute atomic E-state index is 0.267. The van der Waals surface area contributed by atoms with Gasteiger partial charge in [-0.15, -0.1) is 0 Å². The number of nitrogens with zero attached hydrogens (tertiary/aromatic N) is 8. The first-order valence-corrected chi connectivity index (χ1v) is 13.6. The van der Waals surface area contributed by atoms with Gasteiger partial charge in [0.1, 0.15) is 11.5 Å². The third kappa shape index (κ3) is 5.45. The molecule has 0 spiro atoms. The summed E-state index contributed by atoms with van der Waals surface area (Å²) in [4.78, 5) is 23.3. The minimum atomic E-state index is -0.383. The third-order valence-corrected chi connectivity index (χ3v) is 7.40. The Bertz CT molecular complexity index is 1670. The number of fused-ring (bicyclic) bond motifs is 3. The number of halogens is 1. The molecule has 214 valence electrons. The molecule has 0 bridgehead atoms. The molecule has 5 heterocycles. The number of nitrogens with two attached hydrogens (primary N) is 1. The second kappa shape index (κ2) is 11.2. The van der Waals surface area contributed by atoms with Crippen LogP contribution in [0.25, 0.3) is 28.0 Å². The van der Waals surface area contributed by atoms with Crippen LogP contribution in [0.15, 0.2) is 53.3 Å². The number of carbonyl (C=O) groups excluding carboxylic acids is 1. The summed E-state index contributed by atoms with van der Waals surface area (Å²) in [5, 5.41) is 12.8. The summed E-state index contributed by atoms with van der Waals surface area (Å²) in [5.74, 6) is 0.285. The molecule has 41 heavy (non-hydrogen) atoms. The smallest absolute Gasteiger partial charge is 0.251 e. The first-order chi connectivity index (χ1) is 19.9. The van der Waals surface area contributed by atoms with Crippen LogP contribution in [-0.4, -0.2) is 100.0 Å². The number of rotatable bonds is 9. The van der Waals surface area contributed by atoms with Gasteiger partial charge in [0.25, 0.3) is 5.91 Å². The predicted octanol–water partition coefficient (Wildman–Crippen LogP) is 2.17. The van der Waals surface area contributed by atoms with Crippen molar-refractivity contribution in [3.8, 4) is 11.5 Å². The molecular formula is C28H33FN10O2. The topological polar surface area (TPSA) is 126 Å². The molecule has 6 rings (SSSR count). The molecule has 1 aromatic carbocycles. The fourth-order valence-electron chi connectivity index (χ4n) is 5.14. The molecule has 0 radical (unpaired) electrons. The summed E-state index contributed by atoms with van der Waals surface area (Å²) >= 11 is 0. The molecule has 1 aliphatic heterocycles. The quantitative estimate of drug-likeness (QED) is 0.279. The van der Waals surface area contributed by atoms with Crippen molar-refractivity contribution in [2.75, 3.05) is 70.5 Å². The maximum atomic E-state index is 15.0. The maximum absolute atomic E-state index is 15.0. The van der Waals surface area contributed by atoms with E-state index in [0.29, 0.717) is 54.5 Å². The molecule has 5 aromatic rings. The summed E-state index contributed by atoms with van der Waals surface area (Å²) in [6.07, 6.45) is 3.40. The Labute approximate surface area is 236 Å². The van der Waals surface area contributed by atoms with Crippen molar-refractivity contribution in [2.45, 2.75) is 6.54 Å². The number of nitrogens with one attached hydrogen (secondary N) is 1. The molecule has 0 atom stereocenters. The zero-order chi connectivity index (χ0) is 28.5. The van der Waals surface area contributed by atoms with E-state index in [1.54, 1.807) is 29.1 Å². The number of piperazine rings is 1. The van der Waals surface area contributed by atoms with Gasteiger partial charge in [-0.05, 0) is 50.5 Å². The van der Waals surface area contributed by atoms with E-state index in [1.165, 1.54) is 6.07 Å². The van der Waals surface area contributed by atoms with Crippen molar-refractivity contribution in [3.05, 3.63) is 60.2 Å². The lowest BCUT2D eigenvalue weighted by Gasteiger charge is -2.36. The van der Waals surface area contributed by atoms with Gasteiger partial charge in [-0.25, -0.2) is 9.07 Å². The van der Waals surface area contributed by atoms with Crippen LogP contribution in [0.3, 0.4) is 0 Å². The Hall–Kier alpha value is -4.49. The molecule has 0 aliphatic carbocycles. The second-order valence-corrected chi connectivity index (χ2v) is 10.4. The Morgan fingerprint density at radius 2 is 1.98 bits per heavy atom. The lowest BCUT2D eigenvalue weighted by molar-refractivity contribution is 0.0950. The van der Waals surface area contributed by atoms with Crippen LogP contribution in [0.2, 0.25) is 0 Å².